The van der Waals surface area contributed by atoms with E-state index < -0.39 is 0 Å². The van der Waals surface area contributed by atoms with Crippen molar-refractivity contribution < 1.29 is 5.11 Å². The zero-order valence-corrected chi connectivity index (χ0v) is 13.5. The molecule has 1 N–H and O–H groups in total. The predicted molar refractivity (Wildman–Crippen MR) is 84.5 cm³/mol. The van der Waals surface area contributed by atoms with Crippen LogP contribution in [0.4, 0.5) is 5.69 Å². The molecule has 106 valence electrons. The van der Waals surface area contributed by atoms with Crippen LogP contribution in [0.15, 0.2) is 22.7 Å². The molecule has 19 heavy (non-hydrogen) atoms. The summed E-state index contributed by atoms with van der Waals surface area (Å²) in [6.07, 6.45) is 6.65. The van der Waals surface area contributed by atoms with Gasteiger partial charge >= 0.3 is 0 Å². The van der Waals surface area contributed by atoms with Gasteiger partial charge in [-0.2, -0.15) is 0 Å². The number of hydrogen-bond acceptors (Lipinski definition) is 2. The van der Waals surface area contributed by atoms with Crippen molar-refractivity contribution in [3.63, 3.8) is 0 Å². The summed E-state index contributed by atoms with van der Waals surface area (Å²) in [5.41, 5.74) is 2.19. The third kappa shape index (κ3) is 3.51. The van der Waals surface area contributed by atoms with Crippen LogP contribution in [-0.4, -0.2) is 18.2 Å². The quantitative estimate of drug-likeness (QED) is 0.889. The summed E-state index contributed by atoms with van der Waals surface area (Å²) < 4.78 is 1.00. The fourth-order valence-corrected chi connectivity index (χ4v) is 3.53. The molecule has 3 heteroatoms. The molecular formula is C16H24BrNO. The maximum absolute atomic E-state index is 9.21. The van der Waals surface area contributed by atoms with E-state index in [1.54, 1.807) is 0 Å². The molecule has 0 spiro atoms. The number of anilines is 1. The smallest absolute Gasteiger partial charge is 0.0692 e. The lowest BCUT2D eigenvalue weighted by molar-refractivity contribution is 0.281. The number of benzene rings is 1. The van der Waals surface area contributed by atoms with Crippen molar-refractivity contribution in [3.05, 3.63) is 28.2 Å². The molecule has 0 unspecified atom stereocenters. The van der Waals surface area contributed by atoms with E-state index in [-0.39, 0.29) is 6.61 Å². The van der Waals surface area contributed by atoms with Crippen molar-refractivity contribution in [2.45, 2.75) is 51.7 Å². The Morgan fingerprint density at radius 2 is 1.95 bits per heavy atom. The van der Waals surface area contributed by atoms with Gasteiger partial charge < -0.3 is 10.0 Å². The maximum Gasteiger partial charge on any atom is 0.0692 e. The van der Waals surface area contributed by atoms with E-state index in [0.29, 0.717) is 6.04 Å². The lowest BCUT2D eigenvalue weighted by Gasteiger charge is -2.36. The van der Waals surface area contributed by atoms with Crippen LogP contribution < -0.4 is 4.90 Å². The standard InChI is InChI=1S/C16H24BrNO/c1-3-12-4-7-14(8-5-12)18(2)15-9-6-13(11-19)16(17)10-15/h6,9-10,12,14,19H,3-5,7-8,11H2,1-2H3. The first kappa shape index (κ1) is 14.9. The normalized spacial score (nSPS) is 23.4. The average Bonchev–Trinajstić information content (AvgIpc) is 2.46. The second kappa shape index (κ2) is 6.76. The van der Waals surface area contributed by atoms with Crippen LogP contribution in [-0.2, 0) is 6.61 Å². The molecule has 1 fully saturated rings. The minimum absolute atomic E-state index is 0.0895. The zero-order chi connectivity index (χ0) is 13.8. The van der Waals surface area contributed by atoms with E-state index in [2.05, 4.69) is 46.9 Å². The van der Waals surface area contributed by atoms with Gasteiger partial charge in [0, 0.05) is 23.2 Å². The van der Waals surface area contributed by atoms with Crippen molar-refractivity contribution in [1.82, 2.24) is 0 Å². The topological polar surface area (TPSA) is 23.5 Å². The molecule has 0 radical (unpaired) electrons. The summed E-state index contributed by atoms with van der Waals surface area (Å²) in [5.74, 6) is 0.938. The molecule has 1 aromatic carbocycles. The van der Waals surface area contributed by atoms with E-state index in [9.17, 15) is 5.11 Å². The highest BCUT2D eigenvalue weighted by atomic mass is 79.9. The second-order valence-corrected chi connectivity index (χ2v) is 6.48. The summed E-state index contributed by atoms with van der Waals surface area (Å²) in [4.78, 5) is 2.40. The van der Waals surface area contributed by atoms with Gasteiger partial charge in [0.1, 0.15) is 0 Å². The van der Waals surface area contributed by atoms with Crippen LogP contribution in [0.5, 0.6) is 0 Å². The lowest BCUT2D eigenvalue weighted by Crippen LogP contribution is -2.35. The Bertz CT molecular complexity index is 413. The largest absolute Gasteiger partial charge is 0.392 e. The Morgan fingerprint density at radius 1 is 1.26 bits per heavy atom. The molecule has 0 amide bonds. The van der Waals surface area contributed by atoms with E-state index in [1.807, 2.05) is 6.07 Å². The molecule has 0 heterocycles. The average molecular weight is 326 g/mol. The number of halogens is 1. The van der Waals surface area contributed by atoms with Crippen LogP contribution in [0.3, 0.4) is 0 Å². The Kier molecular flexibility index (Phi) is 5.28. The summed E-state index contributed by atoms with van der Waals surface area (Å²) in [7, 11) is 2.19. The van der Waals surface area contributed by atoms with Crippen molar-refractivity contribution >= 4 is 21.6 Å². The number of nitrogens with zero attached hydrogens (tertiary/aromatic N) is 1. The third-order valence-electron chi connectivity index (χ3n) is 4.56. The van der Waals surface area contributed by atoms with Crippen LogP contribution in [0.2, 0.25) is 0 Å². The van der Waals surface area contributed by atoms with Crippen LogP contribution in [0.25, 0.3) is 0 Å². The van der Waals surface area contributed by atoms with Gasteiger partial charge in [-0.3, -0.25) is 0 Å². The molecule has 2 rings (SSSR count). The molecule has 1 aliphatic carbocycles. The first-order valence-corrected chi connectivity index (χ1v) is 8.07. The molecule has 0 aliphatic heterocycles. The molecule has 0 atom stereocenters. The van der Waals surface area contributed by atoms with E-state index in [1.165, 1.54) is 37.8 Å². The SMILES string of the molecule is CCC1CCC(N(C)c2ccc(CO)c(Br)c2)CC1. The first-order chi connectivity index (χ1) is 9.15. The van der Waals surface area contributed by atoms with Crippen molar-refractivity contribution in [3.8, 4) is 0 Å². The monoisotopic (exact) mass is 325 g/mol. The first-order valence-electron chi connectivity index (χ1n) is 7.27. The highest BCUT2D eigenvalue weighted by molar-refractivity contribution is 9.10. The number of hydrogen-bond donors (Lipinski definition) is 1. The molecular weight excluding hydrogens is 302 g/mol. The van der Waals surface area contributed by atoms with Crippen LogP contribution >= 0.6 is 15.9 Å². The highest BCUT2D eigenvalue weighted by Gasteiger charge is 2.23. The Morgan fingerprint density at radius 3 is 2.47 bits per heavy atom. The molecule has 2 nitrogen and oxygen atoms in total. The minimum Gasteiger partial charge on any atom is -0.392 e. The summed E-state index contributed by atoms with van der Waals surface area (Å²) in [6, 6.07) is 6.91. The molecule has 0 bridgehead atoms. The maximum atomic E-state index is 9.21. The van der Waals surface area contributed by atoms with E-state index >= 15 is 0 Å². The molecule has 0 aromatic heterocycles. The fourth-order valence-electron chi connectivity index (χ4n) is 3.04. The van der Waals surface area contributed by atoms with Gasteiger partial charge in [-0.15, -0.1) is 0 Å². The van der Waals surface area contributed by atoms with Crippen molar-refractivity contribution in [2.75, 3.05) is 11.9 Å². The van der Waals surface area contributed by atoms with Gasteiger partial charge in [0.05, 0.1) is 6.61 Å². The third-order valence-corrected chi connectivity index (χ3v) is 5.29. The minimum atomic E-state index is 0.0895. The summed E-state index contributed by atoms with van der Waals surface area (Å²) in [5, 5.41) is 9.21. The zero-order valence-electron chi connectivity index (χ0n) is 11.9. The second-order valence-electron chi connectivity index (χ2n) is 5.63. The van der Waals surface area contributed by atoms with Crippen molar-refractivity contribution in [2.24, 2.45) is 5.92 Å². The highest BCUT2D eigenvalue weighted by Crippen LogP contribution is 2.32. The Labute approximate surface area is 124 Å². The van der Waals surface area contributed by atoms with Crippen LogP contribution in [0.1, 0.15) is 44.6 Å². The lowest BCUT2D eigenvalue weighted by atomic mass is 9.84. The fraction of sp³-hybridized carbons (Fsp3) is 0.625. The Hall–Kier alpha value is -0.540. The van der Waals surface area contributed by atoms with Gasteiger partial charge in [0.2, 0.25) is 0 Å². The summed E-state index contributed by atoms with van der Waals surface area (Å²) >= 11 is 3.53. The number of aliphatic hydroxyl groups excluding tert-OH is 1. The van der Waals surface area contributed by atoms with Gasteiger partial charge in [0.25, 0.3) is 0 Å². The van der Waals surface area contributed by atoms with Gasteiger partial charge in [-0.1, -0.05) is 35.3 Å². The number of rotatable bonds is 4. The molecule has 1 aromatic rings. The molecule has 1 saturated carbocycles. The molecule has 1 aliphatic rings. The van der Waals surface area contributed by atoms with Gasteiger partial charge in [0.15, 0.2) is 0 Å². The summed E-state index contributed by atoms with van der Waals surface area (Å²) in [6.45, 7) is 2.39. The van der Waals surface area contributed by atoms with Crippen LogP contribution in [0, 0.1) is 5.92 Å². The van der Waals surface area contributed by atoms with Gasteiger partial charge in [-0.25, -0.2) is 0 Å². The van der Waals surface area contributed by atoms with Gasteiger partial charge in [-0.05, 0) is 49.3 Å². The Balaban J connectivity index is 2.03. The van der Waals surface area contributed by atoms with Crippen molar-refractivity contribution in [1.29, 1.82) is 0 Å². The van der Waals surface area contributed by atoms with E-state index in [0.717, 1.165) is 16.0 Å². The molecule has 0 saturated heterocycles. The predicted octanol–water partition coefficient (Wildman–Crippen LogP) is 4.35. The number of aliphatic hydroxyl groups is 1. The van der Waals surface area contributed by atoms with E-state index in [4.69, 9.17) is 0 Å².